The Bertz CT molecular complexity index is 294. The molecule has 0 amide bonds. The zero-order valence-electron chi connectivity index (χ0n) is 7.40. The zero-order chi connectivity index (χ0) is 9.90. The van der Waals surface area contributed by atoms with E-state index in [1.165, 1.54) is 0 Å². The lowest BCUT2D eigenvalue weighted by atomic mass is 9.91. The Morgan fingerprint density at radius 3 is 2.31 bits per heavy atom. The third-order valence-corrected chi connectivity index (χ3v) is 2.12. The maximum atomic E-state index is 10.8. The van der Waals surface area contributed by atoms with Crippen LogP contribution in [0.3, 0.4) is 0 Å². The molecule has 1 rings (SSSR count). The fourth-order valence-electron chi connectivity index (χ4n) is 1.19. The van der Waals surface area contributed by atoms with Crippen molar-refractivity contribution in [2.24, 2.45) is 0 Å². The van der Waals surface area contributed by atoms with E-state index in [0.29, 0.717) is 5.56 Å². The maximum absolute atomic E-state index is 10.8. The summed E-state index contributed by atoms with van der Waals surface area (Å²) >= 11 is 0. The van der Waals surface area contributed by atoms with E-state index in [1.54, 1.807) is 37.3 Å². The van der Waals surface area contributed by atoms with Crippen molar-refractivity contribution < 1.29 is 15.0 Å². The normalized spacial score (nSPS) is 14.9. The van der Waals surface area contributed by atoms with Crippen molar-refractivity contribution >= 4 is 5.97 Å². The van der Waals surface area contributed by atoms with Gasteiger partial charge in [-0.3, -0.25) is 0 Å². The number of hydrogen-bond acceptors (Lipinski definition) is 2. The van der Waals surface area contributed by atoms with Gasteiger partial charge in [0.2, 0.25) is 0 Å². The Kier molecular flexibility index (Phi) is 2.68. The van der Waals surface area contributed by atoms with Gasteiger partial charge in [0.15, 0.2) is 5.60 Å². The van der Waals surface area contributed by atoms with Crippen LogP contribution in [0.15, 0.2) is 30.3 Å². The molecule has 0 bridgehead atoms. The Balaban J connectivity index is 3.11. The summed E-state index contributed by atoms with van der Waals surface area (Å²) in [6, 6.07) is 8.41. The van der Waals surface area contributed by atoms with Gasteiger partial charge < -0.3 is 10.2 Å². The van der Waals surface area contributed by atoms with Crippen molar-refractivity contribution in [1.82, 2.24) is 0 Å². The maximum Gasteiger partial charge on any atom is 0.340 e. The topological polar surface area (TPSA) is 57.5 Å². The second-order valence-corrected chi connectivity index (χ2v) is 2.89. The lowest BCUT2D eigenvalue weighted by molar-refractivity contribution is -0.160. The van der Waals surface area contributed by atoms with Crippen molar-refractivity contribution in [3.63, 3.8) is 0 Å². The number of aliphatic carboxylic acids is 1. The van der Waals surface area contributed by atoms with Gasteiger partial charge in [-0.05, 0) is 12.0 Å². The van der Waals surface area contributed by atoms with E-state index < -0.39 is 11.6 Å². The lowest BCUT2D eigenvalue weighted by Gasteiger charge is -2.21. The highest BCUT2D eigenvalue weighted by Gasteiger charge is 2.35. The summed E-state index contributed by atoms with van der Waals surface area (Å²) < 4.78 is 0. The van der Waals surface area contributed by atoms with Crippen LogP contribution in [0.25, 0.3) is 0 Å². The third-order valence-electron chi connectivity index (χ3n) is 2.12. The highest BCUT2D eigenvalue weighted by molar-refractivity contribution is 5.78. The molecule has 0 aliphatic heterocycles. The first-order valence-corrected chi connectivity index (χ1v) is 4.12. The minimum Gasteiger partial charge on any atom is -0.479 e. The average molecular weight is 180 g/mol. The van der Waals surface area contributed by atoms with E-state index in [-0.39, 0.29) is 6.42 Å². The largest absolute Gasteiger partial charge is 0.479 e. The number of carboxylic acids is 1. The molecule has 0 aliphatic carbocycles. The molecule has 0 fully saturated rings. The van der Waals surface area contributed by atoms with Crippen LogP contribution in [0.1, 0.15) is 18.9 Å². The first kappa shape index (κ1) is 9.74. The quantitative estimate of drug-likeness (QED) is 0.738. The molecule has 2 N–H and O–H groups in total. The van der Waals surface area contributed by atoms with Crippen LogP contribution in [0.2, 0.25) is 0 Å². The van der Waals surface area contributed by atoms with E-state index in [1.807, 2.05) is 0 Å². The van der Waals surface area contributed by atoms with Gasteiger partial charge in [0, 0.05) is 0 Å². The van der Waals surface area contributed by atoms with Crippen molar-refractivity contribution in [3.8, 4) is 0 Å². The van der Waals surface area contributed by atoms with E-state index >= 15 is 0 Å². The minimum absolute atomic E-state index is 0.159. The summed E-state index contributed by atoms with van der Waals surface area (Å²) in [6.45, 7) is 1.64. The van der Waals surface area contributed by atoms with Gasteiger partial charge in [-0.25, -0.2) is 4.79 Å². The molecule has 0 spiro atoms. The number of benzene rings is 1. The molecule has 1 atom stereocenters. The van der Waals surface area contributed by atoms with Crippen LogP contribution in [0.5, 0.6) is 0 Å². The van der Waals surface area contributed by atoms with Crippen LogP contribution in [-0.2, 0) is 10.4 Å². The molecule has 0 heterocycles. The summed E-state index contributed by atoms with van der Waals surface area (Å²) in [5, 5.41) is 18.6. The molecular weight excluding hydrogens is 168 g/mol. The van der Waals surface area contributed by atoms with E-state index in [4.69, 9.17) is 5.11 Å². The van der Waals surface area contributed by atoms with Crippen molar-refractivity contribution in [1.29, 1.82) is 0 Å². The molecule has 0 unspecified atom stereocenters. The third kappa shape index (κ3) is 1.70. The Morgan fingerprint density at radius 1 is 1.38 bits per heavy atom. The fourth-order valence-corrected chi connectivity index (χ4v) is 1.19. The number of hydrogen-bond donors (Lipinski definition) is 2. The lowest BCUT2D eigenvalue weighted by Crippen LogP contribution is -2.34. The molecule has 1 aromatic carbocycles. The smallest absolute Gasteiger partial charge is 0.340 e. The predicted octanol–water partition coefficient (Wildman–Crippen LogP) is 1.37. The summed E-state index contributed by atoms with van der Waals surface area (Å²) in [6.07, 6.45) is 0.159. The molecular formula is C10H12O3. The van der Waals surface area contributed by atoms with Gasteiger partial charge in [0.05, 0.1) is 0 Å². The van der Waals surface area contributed by atoms with Crippen LogP contribution in [0.4, 0.5) is 0 Å². The van der Waals surface area contributed by atoms with E-state index in [0.717, 1.165) is 0 Å². The fraction of sp³-hybridized carbons (Fsp3) is 0.300. The van der Waals surface area contributed by atoms with Gasteiger partial charge in [-0.15, -0.1) is 0 Å². The number of rotatable bonds is 3. The summed E-state index contributed by atoms with van der Waals surface area (Å²) in [5.41, 5.74) is -1.33. The second-order valence-electron chi connectivity index (χ2n) is 2.89. The molecule has 0 saturated heterocycles. The molecule has 3 nitrogen and oxygen atoms in total. The first-order valence-electron chi connectivity index (χ1n) is 4.12. The van der Waals surface area contributed by atoms with Crippen molar-refractivity contribution in [3.05, 3.63) is 35.9 Å². The number of aliphatic hydroxyl groups is 1. The molecule has 3 heteroatoms. The summed E-state index contributed by atoms with van der Waals surface area (Å²) in [7, 11) is 0. The highest BCUT2D eigenvalue weighted by Crippen LogP contribution is 2.24. The van der Waals surface area contributed by atoms with Gasteiger partial charge in [-0.1, -0.05) is 37.3 Å². The minimum atomic E-state index is -1.75. The molecule has 0 saturated carbocycles. The standard InChI is InChI=1S/C10H12O3/c1-2-10(13,9(11)12)8-6-4-3-5-7-8/h3-7,13H,2H2,1H3,(H,11,12)/t10-/m0/s1. The zero-order valence-corrected chi connectivity index (χ0v) is 7.40. The van der Waals surface area contributed by atoms with Gasteiger partial charge in [0.1, 0.15) is 0 Å². The molecule has 70 valence electrons. The Hall–Kier alpha value is -1.35. The summed E-state index contributed by atoms with van der Waals surface area (Å²) in [4.78, 5) is 10.8. The van der Waals surface area contributed by atoms with Gasteiger partial charge in [-0.2, -0.15) is 0 Å². The number of carboxylic acid groups (broad SMARTS) is 1. The van der Waals surface area contributed by atoms with Crippen LogP contribution in [-0.4, -0.2) is 16.2 Å². The highest BCUT2D eigenvalue weighted by atomic mass is 16.4. The summed E-state index contributed by atoms with van der Waals surface area (Å²) in [5.74, 6) is -1.21. The van der Waals surface area contributed by atoms with E-state index in [9.17, 15) is 9.90 Å². The van der Waals surface area contributed by atoms with Crippen molar-refractivity contribution in [2.45, 2.75) is 18.9 Å². The van der Waals surface area contributed by atoms with Crippen LogP contribution >= 0.6 is 0 Å². The van der Waals surface area contributed by atoms with Crippen LogP contribution < -0.4 is 0 Å². The Morgan fingerprint density at radius 2 is 1.92 bits per heavy atom. The molecule has 0 aliphatic rings. The van der Waals surface area contributed by atoms with Gasteiger partial charge >= 0.3 is 5.97 Å². The predicted molar refractivity (Wildman–Crippen MR) is 48.3 cm³/mol. The molecule has 0 radical (unpaired) electrons. The molecule has 0 aromatic heterocycles. The molecule has 13 heavy (non-hydrogen) atoms. The van der Waals surface area contributed by atoms with Gasteiger partial charge in [0.25, 0.3) is 0 Å². The average Bonchev–Trinajstić information content (AvgIpc) is 2.17. The Labute approximate surface area is 76.6 Å². The number of carbonyl (C=O) groups is 1. The van der Waals surface area contributed by atoms with Crippen LogP contribution in [0, 0.1) is 0 Å². The first-order chi connectivity index (χ1) is 6.11. The monoisotopic (exact) mass is 180 g/mol. The SMILES string of the molecule is CC[C@@](O)(C(=O)O)c1ccccc1. The molecule has 1 aromatic rings. The van der Waals surface area contributed by atoms with Crippen molar-refractivity contribution in [2.75, 3.05) is 0 Å². The second kappa shape index (κ2) is 3.58. The van der Waals surface area contributed by atoms with E-state index in [2.05, 4.69) is 0 Å².